The number of anilines is 1. The van der Waals surface area contributed by atoms with Gasteiger partial charge in [0.05, 0.1) is 42.1 Å². The summed E-state index contributed by atoms with van der Waals surface area (Å²) in [6.45, 7) is 1.61. The Kier molecular flexibility index (Phi) is 7.23. The minimum absolute atomic E-state index is 0.0753. The van der Waals surface area contributed by atoms with E-state index in [4.69, 9.17) is 14.2 Å². The number of ether oxygens (including phenoxy) is 3. The van der Waals surface area contributed by atoms with E-state index in [0.717, 1.165) is 5.69 Å². The van der Waals surface area contributed by atoms with Gasteiger partial charge in [-0.1, -0.05) is 0 Å². The molecular formula is C22H23N3O6S2. The van der Waals surface area contributed by atoms with Gasteiger partial charge >= 0.3 is 0 Å². The second kappa shape index (κ2) is 10.3. The van der Waals surface area contributed by atoms with E-state index in [1.165, 1.54) is 41.0 Å². The summed E-state index contributed by atoms with van der Waals surface area (Å²) in [6, 6.07) is 11.0. The van der Waals surface area contributed by atoms with Gasteiger partial charge in [-0.2, -0.15) is 4.31 Å². The molecule has 0 spiro atoms. The molecule has 1 aromatic heterocycles. The highest BCUT2D eigenvalue weighted by Gasteiger charge is 2.27. The molecule has 1 saturated heterocycles. The Balaban J connectivity index is 1.48. The number of sulfonamides is 1. The second-order valence-electron chi connectivity index (χ2n) is 7.13. The van der Waals surface area contributed by atoms with Crippen LogP contribution in [0.25, 0.3) is 0 Å². The molecule has 0 aliphatic carbocycles. The molecule has 1 amide bonds. The largest absolute Gasteiger partial charge is 0.495 e. The first kappa shape index (κ1) is 23.2. The molecule has 1 N–H and O–H groups in total. The normalized spacial score (nSPS) is 14.6. The third-order valence-corrected chi connectivity index (χ3v) is 7.54. The summed E-state index contributed by atoms with van der Waals surface area (Å²) in [7, 11) is -2.26. The summed E-state index contributed by atoms with van der Waals surface area (Å²) in [5.41, 5.74) is 3.22. The maximum Gasteiger partial charge on any atom is 0.255 e. The topological polar surface area (TPSA) is 107 Å². The number of carbonyl (C=O) groups excluding carboxylic acids is 1. The minimum Gasteiger partial charge on any atom is -0.495 e. The monoisotopic (exact) mass is 489 g/mol. The molecule has 11 heteroatoms. The molecule has 1 aliphatic rings. The maximum absolute atomic E-state index is 13.0. The van der Waals surface area contributed by atoms with E-state index < -0.39 is 15.9 Å². The summed E-state index contributed by atoms with van der Waals surface area (Å²) < 4.78 is 43.5. The predicted molar refractivity (Wildman–Crippen MR) is 123 cm³/mol. The van der Waals surface area contributed by atoms with Crippen LogP contribution in [-0.4, -0.2) is 57.0 Å². The van der Waals surface area contributed by atoms with Crippen LogP contribution in [0.15, 0.2) is 58.3 Å². The molecule has 0 bridgehead atoms. The zero-order valence-electron chi connectivity index (χ0n) is 17.9. The number of thiazole rings is 1. The molecule has 4 rings (SSSR count). The zero-order valence-corrected chi connectivity index (χ0v) is 19.5. The molecular weight excluding hydrogens is 466 g/mol. The molecule has 0 unspecified atom stereocenters. The van der Waals surface area contributed by atoms with Gasteiger partial charge in [-0.3, -0.25) is 4.79 Å². The van der Waals surface area contributed by atoms with Crippen molar-refractivity contribution < 1.29 is 27.4 Å². The fourth-order valence-corrected chi connectivity index (χ4v) is 5.22. The molecule has 2 aromatic carbocycles. The SMILES string of the molecule is COc1ccc(S(=O)(=O)N2CCOCC2)cc1NC(=O)c1ccc(OCc2cscn2)cc1. The summed E-state index contributed by atoms with van der Waals surface area (Å²) in [4.78, 5) is 17.0. The lowest BCUT2D eigenvalue weighted by Gasteiger charge is -2.26. The molecule has 0 atom stereocenters. The first-order valence-corrected chi connectivity index (χ1v) is 12.5. The van der Waals surface area contributed by atoms with Crippen LogP contribution in [0, 0.1) is 0 Å². The summed E-state index contributed by atoms with van der Waals surface area (Å²) in [5, 5.41) is 4.65. The molecule has 9 nitrogen and oxygen atoms in total. The van der Waals surface area contributed by atoms with Gasteiger partial charge in [0.2, 0.25) is 10.0 Å². The summed E-state index contributed by atoms with van der Waals surface area (Å²) in [5.74, 6) is 0.559. The van der Waals surface area contributed by atoms with E-state index in [9.17, 15) is 13.2 Å². The average molecular weight is 490 g/mol. The standard InChI is InChI=1S/C22H23N3O6S2/c1-29-21-7-6-19(33(27,28)25-8-10-30-11-9-25)12-20(21)24-22(26)16-2-4-18(5-3-16)31-13-17-14-32-15-23-17/h2-7,12,14-15H,8-11,13H2,1H3,(H,24,26). The van der Waals surface area contributed by atoms with Crippen molar-refractivity contribution in [3.05, 3.63) is 64.6 Å². The second-order valence-corrected chi connectivity index (χ2v) is 9.78. The number of aromatic nitrogens is 1. The predicted octanol–water partition coefficient (Wildman–Crippen LogP) is 3.00. The fourth-order valence-electron chi connectivity index (χ4n) is 3.24. The number of methoxy groups -OCH3 is 1. The van der Waals surface area contributed by atoms with Crippen LogP contribution in [0.5, 0.6) is 11.5 Å². The molecule has 1 fully saturated rings. The molecule has 0 saturated carbocycles. The van der Waals surface area contributed by atoms with Crippen LogP contribution in [0.4, 0.5) is 5.69 Å². The smallest absolute Gasteiger partial charge is 0.255 e. The van der Waals surface area contributed by atoms with Crippen molar-refractivity contribution in [3.63, 3.8) is 0 Å². The van der Waals surface area contributed by atoms with Gasteiger partial charge in [-0.05, 0) is 42.5 Å². The van der Waals surface area contributed by atoms with Gasteiger partial charge in [0.25, 0.3) is 5.91 Å². The average Bonchev–Trinajstić information content (AvgIpc) is 3.37. The Morgan fingerprint density at radius 3 is 2.61 bits per heavy atom. The first-order chi connectivity index (χ1) is 16.0. The van der Waals surface area contributed by atoms with Gasteiger partial charge < -0.3 is 19.5 Å². The Hall–Kier alpha value is -2.99. The molecule has 0 radical (unpaired) electrons. The minimum atomic E-state index is -3.72. The van der Waals surface area contributed by atoms with Crippen LogP contribution in [-0.2, 0) is 21.4 Å². The van der Waals surface area contributed by atoms with Crippen molar-refractivity contribution in [3.8, 4) is 11.5 Å². The lowest BCUT2D eigenvalue weighted by molar-refractivity contribution is 0.0730. The highest BCUT2D eigenvalue weighted by atomic mass is 32.2. The number of rotatable bonds is 8. The Bertz CT molecular complexity index is 1190. The van der Waals surface area contributed by atoms with Crippen LogP contribution in [0.3, 0.4) is 0 Å². The fraction of sp³-hybridized carbons (Fsp3) is 0.273. The van der Waals surface area contributed by atoms with Crippen molar-refractivity contribution >= 4 is 33.0 Å². The van der Waals surface area contributed by atoms with Crippen molar-refractivity contribution in [2.75, 3.05) is 38.7 Å². The number of nitrogens with zero attached hydrogens (tertiary/aromatic N) is 2. The van der Waals surface area contributed by atoms with Crippen LogP contribution < -0.4 is 14.8 Å². The Labute approximate surface area is 196 Å². The third kappa shape index (κ3) is 5.50. The molecule has 3 aromatic rings. The number of hydrogen-bond acceptors (Lipinski definition) is 8. The first-order valence-electron chi connectivity index (χ1n) is 10.1. The highest BCUT2D eigenvalue weighted by Crippen LogP contribution is 2.30. The van der Waals surface area contributed by atoms with Gasteiger partial charge in [-0.15, -0.1) is 11.3 Å². The van der Waals surface area contributed by atoms with Crippen molar-refractivity contribution in [1.29, 1.82) is 0 Å². The molecule has 1 aliphatic heterocycles. The Morgan fingerprint density at radius 1 is 1.18 bits per heavy atom. The summed E-state index contributed by atoms with van der Waals surface area (Å²) in [6.07, 6.45) is 0. The zero-order chi connectivity index (χ0) is 23.3. The van der Waals surface area contributed by atoms with E-state index in [1.54, 1.807) is 29.8 Å². The number of carbonyl (C=O) groups is 1. The number of amides is 1. The number of benzene rings is 2. The maximum atomic E-state index is 13.0. The number of morpholine rings is 1. The van der Waals surface area contributed by atoms with Crippen LogP contribution in [0.1, 0.15) is 16.1 Å². The Morgan fingerprint density at radius 2 is 1.94 bits per heavy atom. The van der Waals surface area contributed by atoms with Crippen molar-refractivity contribution in [1.82, 2.24) is 9.29 Å². The van der Waals surface area contributed by atoms with Gasteiger partial charge in [0.15, 0.2) is 0 Å². The molecule has 33 heavy (non-hydrogen) atoms. The van der Waals surface area contributed by atoms with E-state index >= 15 is 0 Å². The van der Waals surface area contributed by atoms with E-state index in [0.29, 0.717) is 36.9 Å². The highest BCUT2D eigenvalue weighted by molar-refractivity contribution is 7.89. The lowest BCUT2D eigenvalue weighted by atomic mass is 10.2. The van der Waals surface area contributed by atoms with E-state index in [2.05, 4.69) is 10.3 Å². The molecule has 174 valence electrons. The van der Waals surface area contributed by atoms with Crippen molar-refractivity contribution in [2.24, 2.45) is 0 Å². The van der Waals surface area contributed by atoms with E-state index in [-0.39, 0.29) is 23.7 Å². The van der Waals surface area contributed by atoms with Crippen LogP contribution >= 0.6 is 11.3 Å². The van der Waals surface area contributed by atoms with Gasteiger partial charge in [0, 0.05) is 24.0 Å². The summed E-state index contributed by atoms with van der Waals surface area (Å²) >= 11 is 1.50. The lowest BCUT2D eigenvalue weighted by Crippen LogP contribution is -2.40. The third-order valence-electron chi connectivity index (χ3n) is 5.01. The van der Waals surface area contributed by atoms with Gasteiger partial charge in [0.1, 0.15) is 18.1 Å². The van der Waals surface area contributed by atoms with Crippen LogP contribution in [0.2, 0.25) is 0 Å². The number of nitrogens with one attached hydrogen (secondary N) is 1. The van der Waals surface area contributed by atoms with Gasteiger partial charge in [-0.25, -0.2) is 13.4 Å². The quantitative estimate of drug-likeness (QED) is 0.518. The van der Waals surface area contributed by atoms with Crippen molar-refractivity contribution in [2.45, 2.75) is 11.5 Å². The number of hydrogen-bond donors (Lipinski definition) is 1. The van der Waals surface area contributed by atoms with E-state index in [1.807, 2.05) is 5.38 Å². The molecule has 2 heterocycles.